The molecule has 1 N–H and O–H groups in total. The lowest BCUT2D eigenvalue weighted by molar-refractivity contribution is -0.548. The Morgan fingerprint density at radius 2 is 1.29 bits per heavy atom. The minimum atomic E-state index is -1.85. The lowest BCUT2D eigenvalue weighted by Gasteiger charge is -2.16. The van der Waals surface area contributed by atoms with Gasteiger partial charge in [0, 0.05) is 22.9 Å². The van der Waals surface area contributed by atoms with Gasteiger partial charge in [0.1, 0.15) is 27.7 Å². The highest BCUT2D eigenvalue weighted by Gasteiger charge is 2.45. The number of rotatable bonds is 9. The molecule has 0 saturated heterocycles. The first kappa shape index (κ1) is 26.1. The molecule has 0 aliphatic heterocycles. The molecular formula is C15H15Cl4N5O4. The van der Waals surface area contributed by atoms with Crippen LogP contribution in [-0.2, 0) is 0 Å². The Morgan fingerprint density at radius 1 is 0.893 bits per heavy atom. The van der Waals surface area contributed by atoms with Crippen molar-refractivity contribution >= 4 is 46.4 Å². The largest absolute Gasteiger partial charge is 0.311 e. The zero-order chi connectivity index (χ0) is 21.7. The lowest BCUT2D eigenvalue weighted by atomic mass is 9.86. The number of nitrogens with one attached hydrogen (secondary N) is 1. The van der Waals surface area contributed by atoms with Gasteiger partial charge in [-0.25, -0.2) is 0 Å². The van der Waals surface area contributed by atoms with E-state index in [4.69, 9.17) is 56.9 Å². The maximum atomic E-state index is 10.8. The molecule has 9 nitrogen and oxygen atoms in total. The minimum Gasteiger partial charge on any atom is -0.311 e. The highest BCUT2D eigenvalue weighted by molar-refractivity contribution is 6.45. The fourth-order valence-corrected chi connectivity index (χ4v) is 2.47. The first-order chi connectivity index (χ1) is 13.1. The Kier molecular flexibility index (Phi) is 13.2. The van der Waals surface area contributed by atoms with Gasteiger partial charge >= 0.3 is 12.1 Å². The second kappa shape index (κ2) is 14.2. The van der Waals surface area contributed by atoms with Crippen LogP contribution in [-0.4, -0.2) is 44.7 Å². The molecule has 0 aliphatic carbocycles. The molecule has 0 bridgehead atoms. The molecule has 0 fully saturated rings. The summed E-state index contributed by atoms with van der Waals surface area (Å²) < 4.78 is 0. The molecule has 0 amide bonds. The van der Waals surface area contributed by atoms with E-state index in [2.05, 4.69) is 5.32 Å². The van der Waals surface area contributed by atoms with Crippen LogP contribution in [0, 0.1) is 42.9 Å². The Morgan fingerprint density at radius 3 is 1.57 bits per heavy atom. The topological polar surface area (TPSA) is 146 Å². The van der Waals surface area contributed by atoms with Gasteiger partial charge < -0.3 is 5.32 Å². The molecule has 1 rings (SSSR count). The van der Waals surface area contributed by atoms with Crippen LogP contribution >= 0.6 is 46.4 Å². The van der Waals surface area contributed by atoms with Crippen LogP contribution in [0.1, 0.15) is 11.5 Å². The average Bonchev–Trinajstić information content (AvgIpc) is 2.61. The van der Waals surface area contributed by atoms with Gasteiger partial charge in [0.25, 0.3) is 0 Å². The van der Waals surface area contributed by atoms with E-state index in [9.17, 15) is 20.2 Å². The van der Waals surface area contributed by atoms with E-state index in [1.54, 1.807) is 6.07 Å². The molecule has 0 saturated carbocycles. The Bertz CT molecular complexity index is 669. The van der Waals surface area contributed by atoms with Gasteiger partial charge in [0.2, 0.25) is 0 Å². The van der Waals surface area contributed by atoms with Gasteiger partial charge in [0.15, 0.2) is 0 Å². The summed E-state index contributed by atoms with van der Waals surface area (Å²) in [5, 5.41) is 42.2. The van der Waals surface area contributed by atoms with Gasteiger partial charge in [-0.05, 0) is 5.56 Å². The number of nitrogens with zero attached hydrogens (tertiary/aromatic N) is 4. The summed E-state index contributed by atoms with van der Waals surface area (Å²) in [5.41, 5.74) is 0.217. The molecular weight excluding hydrogens is 456 g/mol. The SMILES string of the molecule is ClC(Cl)CNCC(Cl)Cl.N#CC(C(c1ccccc1)C(C#N)[N+](=O)[O-])[N+](=O)[O-]. The summed E-state index contributed by atoms with van der Waals surface area (Å²) in [6, 6.07) is 6.67. The fraction of sp³-hybridized carbons (Fsp3) is 0.467. The minimum absolute atomic E-state index is 0.217. The molecule has 1 aromatic carbocycles. The molecule has 0 aliphatic rings. The number of alkyl halides is 4. The average molecular weight is 471 g/mol. The van der Waals surface area contributed by atoms with Gasteiger partial charge in [-0.2, -0.15) is 10.5 Å². The highest BCUT2D eigenvalue weighted by atomic mass is 35.5. The molecule has 28 heavy (non-hydrogen) atoms. The predicted octanol–water partition coefficient (Wildman–Crippen LogP) is 3.29. The van der Waals surface area contributed by atoms with E-state index in [-0.39, 0.29) is 5.56 Å². The molecule has 2 unspecified atom stereocenters. The van der Waals surface area contributed by atoms with Gasteiger partial charge in [0.05, 0.1) is 0 Å². The first-order valence-electron chi connectivity index (χ1n) is 7.53. The third kappa shape index (κ3) is 9.88. The monoisotopic (exact) mass is 469 g/mol. The number of benzene rings is 1. The summed E-state index contributed by atoms with van der Waals surface area (Å²) in [4.78, 5) is 19.1. The van der Waals surface area contributed by atoms with Crippen LogP contribution in [0.4, 0.5) is 0 Å². The molecule has 0 spiro atoms. The highest BCUT2D eigenvalue weighted by Crippen LogP contribution is 2.26. The van der Waals surface area contributed by atoms with Crippen molar-refractivity contribution in [3.05, 3.63) is 56.1 Å². The standard InChI is InChI=1S/C11H8N4O4.C4H7Cl4N/c12-6-9(14(16)17)11(10(7-13)15(18)19)8-4-2-1-3-5-8;5-3(6)1-9-2-4(7)8/h1-5,9-11H;3-4,9H,1-2H2. The Labute approximate surface area is 181 Å². The van der Waals surface area contributed by atoms with Gasteiger partial charge in [-0.1, -0.05) is 30.3 Å². The molecule has 0 aromatic heterocycles. The van der Waals surface area contributed by atoms with Crippen LogP contribution in [0.3, 0.4) is 0 Å². The van der Waals surface area contributed by atoms with Crippen LogP contribution in [0.2, 0.25) is 0 Å². The first-order valence-corrected chi connectivity index (χ1v) is 9.28. The van der Waals surface area contributed by atoms with E-state index in [1.165, 1.54) is 36.4 Å². The zero-order valence-electron chi connectivity index (χ0n) is 14.1. The normalized spacial score (nSPS) is 13.4. The summed E-state index contributed by atoms with van der Waals surface area (Å²) in [6.07, 6.45) is 0. The van der Waals surface area contributed by atoms with Crippen LogP contribution < -0.4 is 5.32 Å². The quantitative estimate of drug-likeness (QED) is 0.330. The van der Waals surface area contributed by atoms with E-state index in [0.717, 1.165) is 0 Å². The molecule has 1 aromatic rings. The Balaban J connectivity index is 0.000000684. The number of nitro groups is 2. The van der Waals surface area contributed by atoms with Gasteiger partial charge in [-0.3, -0.25) is 20.2 Å². The number of hydrogen-bond acceptors (Lipinski definition) is 7. The maximum Gasteiger partial charge on any atom is 0.311 e. The van der Waals surface area contributed by atoms with E-state index in [0.29, 0.717) is 13.1 Å². The van der Waals surface area contributed by atoms with E-state index >= 15 is 0 Å². The van der Waals surface area contributed by atoms with Crippen molar-refractivity contribution in [1.29, 1.82) is 10.5 Å². The lowest BCUT2D eigenvalue weighted by Crippen LogP contribution is -2.37. The van der Waals surface area contributed by atoms with Crippen molar-refractivity contribution in [2.75, 3.05) is 13.1 Å². The summed E-state index contributed by atoms with van der Waals surface area (Å²) in [7, 11) is 0. The van der Waals surface area contributed by atoms with Crippen molar-refractivity contribution in [1.82, 2.24) is 5.32 Å². The fourth-order valence-electron chi connectivity index (χ4n) is 2.03. The van der Waals surface area contributed by atoms with Crippen LogP contribution in [0.5, 0.6) is 0 Å². The van der Waals surface area contributed by atoms with Crippen LogP contribution in [0.15, 0.2) is 30.3 Å². The van der Waals surface area contributed by atoms with E-state index in [1.807, 2.05) is 0 Å². The van der Waals surface area contributed by atoms with Crippen molar-refractivity contribution < 1.29 is 9.85 Å². The van der Waals surface area contributed by atoms with Crippen molar-refractivity contribution in [3.63, 3.8) is 0 Å². The van der Waals surface area contributed by atoms with Crippen molar-refractivity contribution in [2.45, 2.75) is 27.7 Å². The van der Waals surface area contributed by atoms with Crippen molar-refractivity contribution in [3.8, 4) is 12.1 Å². The number of halogens is 4. The second-order valence-corrected chi connectivity index (χ2v) is 7.65. The molecule has 13 heteroatoms. The number of nitriles is 2. The Hall–Kier alpha value is -1.88. The molecule has 2 atom stereocenters. The maximum absolute atomic E-state index is 10.8. The summed E-state index contributed by atoms with van der Waals surface area (Å²) in [6.45, 7) is 1.03. The van der Waals surface area contributed by atoms with Crippen molar-refractivity contribution in [2.24, 2.45) is 0 Å². The smallest absolute Gasteiger partial charge is 0.311 e. The predicted molar refractivity (Wildman–Crippen MR) is 106 cm³/mol. The number of hydrogen-bond donors (Lipinski definition) is 1. The molecule has 0 heterocycles. The molecule has 152 valence electrons. The third-order valence-electron chi connectivity index (χ3n) is 3.18. The second-order valence-electron chi connectivity index (χ2n) is 5.10. The molecule has 0 radical (unpaired) electrons. The summed E-state index contributed by atoms with van der Waals surface area (Å²) in [5.74, 6) is -1.42. The summed E-state index contributed by atoms with van der Waals surface area (Å²) >= 11 is 21.5. The zero-order valence-corrected chi connectivity index (χ0v) is 17.1. The van der Waals surface area contributed by atoms with Gasteiger partial charge in [-0.15, -0.1) is 46.4 Å². The van der Waals surface area contributed by atoms with Crippen LogP contribution in [0.25, 0.3) is 0 Å². The third-order valence-corrected chi connectivity index (χ3v) is 3.80. The van der Waals surface area contributed by atoms with E-state index < -0.39 is 37.5 Å².